The zero-order chi connectivity index (χ0) is 11.3. The third kappa shape index (κ3) is 5.00. The van der Waals surface area contributed by atoms with Crippen LogP contribution in [0.2, 0.25) is 5.02 Å². The number of hydrogen-bond acceptors (Lipinski definition) is 1. The maximum absolute atomic E-state index is 11.4. The first-order chi connectivity index (χ1) is 7.08. The molecule has 1 N–H and O–H groups in total. The Kier molecular flexibility index (Phi) is 4.85. The molecule has 2 nitrogen and oxygen atoms in total. The zero-order valence-corrected chi connectivity index (χ0v) is 10.4. The maximum atomic E-state index is 11.4. The maximum Gasteiger partial charge on any atom is 0.224 e. The Hall–Kier alpha value is -0.800. The summed E-state index contributed by atoms with van der Waals surface area (Å²) in [4.78, 5) is 11.4. The number of nitrogens with one attached hydrogen (secondary N) is 1. The Bertz CT molecular complexity index is 361. The molecule has 0 aromatic heterocycles. The number of benzene rings is 1. The van der Waals surface area contributed by atoms with Gasteiger partial charge in [0.25, 0.3) is 0 Å². The molecule has 0 aliphatic rings. The van der Waals surface area contributed by atoms with Gasteiger partial charge in [-0.2, -0.15) is 0 Å². The van der Waals surface area contributed by atoms with Crippen LogP contribution in [0.15, 0.2) is 35.3 Å². The third-order valence-electron chi connectivity index (χ3n) is 1.76. The molecule has 0 fully saturated rings. The summed E-state index contributed by atoms with van der Waals surface area (Å²) in [5.41, 5.74) is 0.942. The second-order valence-corrected chi connectivity index (χ2v) is 4.66. The monoisotopic (exact) mass is 287 g/mol. The minimum atomic E-state index is -0.0297. The second-order valence-electron chi connectivity index (χ2n) is 3.10. The Morgan fingerprint density at radius 2 is 2.00 bits per heavy atom. The van der Waals surface area contributed by atoms with Crippen LogP contribution in [-0.4, -0.2) is 12.5 Å². The SMILES string of the molecule is C=C(Br)CNC(=O)Cc1ccc(Cl)cc1. The van der Waals surface area contributed by atoms with Gasteiger partial charge in [-0.15, -0.1) is 0 Å². The van der Waals surface area contributed by atoms with Gasteiger partial charge in [0.05, 0.1) is 6.42 Å². The molecular weight excluding hydrogens is 277 g/mol. The molecule has 4 heteroatoms. The van der Waals surface area contributed by atoms with Gasteiger partial charge < -0.3 is 5.32 Å². The average molecular weight is 289 g/mol. The first kappa shape index (κ1) is 12.3. The van der Waals surface area contributed by atoms with E-state index >= 15 is 0 Å². The van der Waals surface area contributed by atoms with Gasteiger partial charge in [0.2, 0.25) is 5.91 Å². The molecule has 1 aromatic carbocycles. The highest BCUT2D eigenvalue weighted by Crippen LogP contribution is 2.09. The highest BCUT2D eigenvalue weighted by atomic mass is 79.9. The third-order valence-corrected chi connectivity index (χ3v) is 2.29. The molecule has 0 saturated heterocycles. The molecular formula is C11H11BrClNO. The Morgan fingerprint density at radius 3 is 2.53 bits per heavy atom. The summed E-state index contributed by atoms with van der Waals surface area (Å²) in [5, 5.41) is 3.40. The van der Waals surface area contributed by atoms with E-state index in [9.17, 15) is 4.79 Å². The number of hydrogen-bond donors (Lipinski definition) is 1. The molecule has 0 aliphatic carbocycles. The van der Waals surface area contributed by atoms with Crippen LogP contribution in [0.1, 0.15) is 5.56 Å². The fraction of sp³-hybridized carbons (Fsp3) is 0.182. The smallest absolute Gasteiger partial charge is 0.224 e. The summed E-state index contributed by atoms with van der Waals surface area (Å²) in [5.74, 6) is -0.0297. The molecule has 0 atom stereocenters. The fourth-order valence-corrected chi connectivity index (χ4v) is 1.31. The van der Waals surface area contributed by atoms with Crippen LogP contribution >= 0.6 is 27.5 Å². The predicted octanol–water partition coefficient (Wildman–Crippen LogP) is 2.91. The summed E-state index contributed by atoms with van der Waals surface area (Å²) in [6.07, 6.45) is 0.359. The summed E-state index contributed by atoms with van der Waals surface area (Å²) >= 11 is 8.90. The number of rotatable bonds is 4. The number of carbonyl (C=O) groups is 1. The van der Waals surface area contributed by atoms with E-state index in [-0.39, 0.29) is 5.91 Å². The summed E-state index contributed by atoms with van der Waals surface area (Å²) in [7, 11) is 0. The van der Waals surface area contributed by atoms with Crippen LogP contribution in [0.5, 0.6) is 0 Å². The lowest BCUT2D eigenvalue weighted by atomic mass is 10.1. The van der Waals surface area contributed by atoms with Gasteiger partial charge in [-0.05, 0) is 17.7 Å². The highest BCUT2D eigenvalue weighted by Gasteiger charge is 2.02. The van der Waals surface area contributed by atoms with Crippen molar-refractivity contribution in [2.75, 3.05) is 6.54 Å². The topological polar surface area (TPSA) is 29.1 Å². The molecule has 1 amide bonds. The minimum Gasteiger partial charge on any atom is -0.351 e. The lowest BCUT2D eigenvalue weighted by Crippen LogP contribution is -2.25. The van der Waals surface area contributed by atoms with Crippen LogP contribution in [0, 0.1) is 0 Å². The molecule has 15 heavy (non-hydrogen) atoms. The van der Waals surface area contributed by atoms with E-state index in [4.69, 9.17) is 11.6 Å². The largest absolute Gasteiger partial charge is 0.351 e. The summed E-state index contributed by atoms with van der Waals surface area (Å²) in [6.45, 7) is 4.08. The van der Waals surface area contributed by atoms with Crippen molar-refractivity contribution in [3.8, 4) is 0 Å². The van der Waals surface area contributed by atoms with Crippen LogP contribution in [0.3, 0.4) is 0 Å². The van der Waals surface area contributed by atoms with Crippen molar-refractivity contribution in [1.29, 1.82) is 0 Å². The fourth-order valence-electron chi connectivity index (χ4n) is 1.04. The Morgan fingerprint density at radius 1 is 1.40 bits per heavy atom. The van der Waals surface area contributed by atoms with Crippen molar-refractivity contribution in [2.45, 2.75) is 6.42 Å². The first-order valence-corrected chi connectivity index (χ1v) is 5.59. The Labute approximate surface area is 102 Å². The first-order valence-electron chi connectivity index (χ1n) is 4.42. The number of halogens is 2. The second kappa shape index (κ2) is 5.93. The molecule has 0 saturated carbocycles. The van der Waals surface area contributed by atoms with Crippen LogP contribution in [0.25, 0.3) is 0 Å². The van der Waals surface area contributed by atoms with Gasteiger partial charge in [-0.25, -0.2) is 0 Å². The van der Waals surface area contributed by atoms with Crippen molar-refractivity contribution in [3.05, 3.63) is 45.9 Å². The molecule has 0 spiro atoms. The van der Waals surface area contributed by atoms with Gasteiger partial charge in [-0.3, -0.25) is 4.79 Å². The summed E-state index contributed by atoms with van der Waals surface area (Å²) in [6, 6.07) is 7.22. The predicted molar refractivity (Wildman–Crippen MR) is 66.2 cm³/mol. The van der Waals surface area contributed by atoms with E-state index in [1.165, 1.54) is 0 Å². The molecule has 0 heterocycles. The average Bonchev–Trinajstić information content (AvgIpc) is 2.19. The molecule has 80 valence electrons. The van der Waals surface area contributed by atoms with Gasteiger partial charge >= 0.3 is 0 Å². The summed E-state index contributed by atoms with van der Waals surface area (Å²) < 4.78 is 0.756. The van der Waals surface area contributed by atoms with E-state index < -0.39 is 0 Å². The van der Waals surface area contributed by atoms with Crippen LogP contribution < -0.4 is 5.32 Å². The van der Waals surface area contributed by atoms with Crippen LogP contribution in [0.4, 0.5) is 0 Å². The molecule has 0 bridgehead atoms. The normalized spacial score (nSPS) is 9.73. The quantitative estimate of drug-likeness (QED) is 0.907. The molecule has 0 aliphatic heterocycles. The Balaban J connectivity index is 2.44. The molecule has 0 unspecified atom stereocenters. The molecule has 1 rings (SSSR count). The standard InChI is InChI=1S/C11H11BrClNO/c1-8(12)7-14-11(15)6-9-2-4-10(13)5-3-9/h2-5H,1,6-7H2,(H,14,15). The van der Waals surface area contributed by atoms with Crippen molar-refractivity contribution in [1.82, 2.24) is 5.32 Å². The van der Waals surface area contributed by atoms with E-state index in [0.717, 1.165) is 10.0 Å². The van der Waals surface area contributed by atoms with E-state index in [0.29, 0.717) is 18.0 Å². The molecule has 1 aromatic rings. The van der Waals surface area contributed by atoms with E-state index in [1.807, 2.05) is 12.1 Å². The zero-order valence-electron chi connectivity index (χ0n) is 8.09. The highest BCUT2D eigenvalue weighted by molar-refractivity contribution is 9.11. The van der Waals surface area contributed by atoms with E-state index in [1.54, 1.807) is 12.1 Å². The van der Waals surface area contributed by atoms with Crippen molar-refractivity contribution < 1.29 is 4.79 Å². The van der Waals surface area contributed by atoms with Crippen LogP contribution in [-0.2, 0) is 11.2 Å². The van der Waals surface area contributed by atoms with E-state index in [2.05, 4.69) is 27.8 Å². The van der Waals surface area contributed by atoms with Gasteiger partial charge in [0, 0.05) is 16.0 Å². The lowest BCUT2D eigenvalue weighted by Gasteiger charge is -2.03. The van der Waals surface area contributed by atoms with Crippen molar-refractivity contribution in [2.24, 2.45) is 0 Å². The van der Waals surface area contributed by atoms with Crippen molar-refractivity contribution in [3.63, 3.8) is 0 Å². The number of carbonyl (C=O) groups excluding carboxylic acids is 1. The van der Waals surface area contributed by atoms with Gasteiger partial charge in [0.1, 0.15) is 0 Å². The minimum absolute atomic E-state index is 0.0297. The lowest BCUT2D eigenvalue weighted by molar-refractivity contribution is -0.120. The van der Waals surface area contributed by atoms with Crippen molar-refractivity contribution >= 4 is 33.4 Å². The molecule has 0 radical (unpaired) electrons. The van der Waals surface area contributed by atoms with Gasteiger partial charge in [-0.1, -0.05) is 46.2 Å². The number of amides is 1. The van der Waals surface area contributed by atoms with Gasteiger partial charge in [0.15, 0.2) is 0 Å².